The van der Waals surface area contributed by atoms with Crippen molar-refractivity contribution in [3.63, 3.8) is 0 Å². The van der Waals surface area contributed by atoms with E-state index in [1.807, 2.05) is 11.9 Å². The van der Waals surface area contributed by atoms with Gasteiger partial charge in [-0.3, -0.25) is 4.79 Å². The number of likely N-dealkylation sites (tertiary alicyclic amines) is 1. The average Bonchev–Trinajstić information content (AvgIpc) is 2.60. The number of carbonyl (C=O) groups is 2. The summed E-state index contributed by atoms with van der Waals surface area (Å²) in [5.74, 6) is -0.627. The molecule has 1 saturated carbocycles. The molecule has 1 aliphatic heterocycles. The van der Waals surface area contributed by atoms with Gasteiger partial charge in [0.1, 0.15) is 0 Å². The van der Waals surface area contributed by atoms with Crippen molar-refractivity contribution in [1.82, 2.24) is 9.80 Å². The molecule has 1 heterocycles. The molecule has 1 aliphatic carbocycles. The normalized spacial score (nSPS) is 21.6. The summed E-state index contributed by atoms with van der Waals surface area (Å²) in [6.07, 6.45) is 7.37. The van der Waals surface area contributed by atoms with Gasteiger partial charge in [-0.1, -0.05) is 25.7 Å². The number of carboxylic acids is 1. The van der Waals surface area contributed by atoms with Crippen LogP contribution in [0.3, 0.4) is 0 Å². The van der Waals surface area contributed by atoms with Crippen molar-refractivity contribution < 1.29 is 14.7 Å². The molecule has 0 aromatic rings. The van der Waals surface area contributed by atoms with Gasteiger partial charge in [0.25, 0.3) is 0 Å². The van der Waals surface area contributed by atoms with Gasteiger partial charge in [0, 0.05) is 32.1 Å². The Morgan fingerprint density at radius 1 is 1.16 bits per heavy atom. The lowest BCUT2D eigenvalue weighted by Crippen LogP contribution is -2.56. The molecule has 5 heteroatoms. The van der Waals surface area contributed by atoms with Crippen LogP contribution < -0.4 is 0 Å². The van der Waals surface area contributed by atoms with E-state index in [9.17, 15) is 9.59 Å². The molecule has 108 valence electrons. The summed E-state index contributed by atoms with van der Waals surface area (Å²) < 4.78 is 0. The summed E-state index contributed by atoms with van der Waals surface area (Å²) in [6.45, 7) is 1.20. The van der Waals surface area contributed by atoms with E-state index in [1.165, 1.54) is 25.7 Å². The molecule has 5 nitrogen and oxygen atoms in total. The van der Waals surface area contributed by atoms with Crippen LogP contribution in [0.4, 0.5) is 4.79 Å². The van der Waals surface area contributed by atoms with E-state index in [1.54, 1.807) is 4.90 Å². The Hall–Kier alpha value is -1.26. The molecule has 0 radical (unpaired) electrons. The van der Waals surface area contributed by atoms with E-state index in [-0.39, 0.29) is 18.4 Å². The smallest absolute Gasteiger partial charge is 0.320 e. The largest absolute Gasteiger partial charge is 0.481 e. The maximum atomic E-state index is 12.3. The van der Waals surface area contributed by atoms with Gasteiger partial charge in [-0.25, -0.2) is 4.79 Å². The monoisotopic (exact) mass is 268 g/mol. The molecule has 2 amide bonds. The zero-order valence-corrected chi connectivity index (χ0v) is 11.7. The summed E-state index contributed by atoms with van der Waals surface area (Å²) in [4.78, 5) is 26.5. The lowest BCUT2D eigenvalue weighted by atomic mass is 9.97. The minimum Gasteiger partial charge on any atom is -0.481 e. The highest BCUT2D eigenvalue weighted by Gasteiger charge is 2.35. The number of urea groups is 1. The van der Waals surface area contributed by atoms with Gasteiger partial charge in [-0.15, -0.1) is 0 Å². The molecule has 1 N–H and O–H groups in total. The summed E-state index contributed by atoms with van der Waals surface area (Å²) in [7, 11) is 1.89. The second-order valence-corrected chi connectivity index (χ2v) is 5.91. The minimum absolute atomic E-state index is 0.0774. The Morgan fingerprint density at radius 3 is 2.26 bits per heavy atom. The second kappa shape index (κ2) is 6.26. The molecular weight excluding hydrogens is 244 g/mol. The fourth-order valence-electron chi connectivity index (χ4n) is 3.13. The molecule has 2 rings (SSSR count). The number of rotatable bonds is 3. The first-order valence-electron chi connectivity index (χ1n) is 7.31. The standard InChI is InChI=1S/C14H24N2O3/c1-15(12-6-4-2-3-5-7-12)14(19)16-9-11(10-16)8-13(17)18/h11-12H,2-10H2,1H3,(H,17,18). The van der Waals surface area contributed by atoms with E-state index in [2.05, 4.69) is 0 Å². The van der Waals surface area contributed by atoms with Crippen molar-refractivity contribution in [3.8, 4) is 0 Å². The van der Waals surface area contributed by atoms with Gasteiger partial charge >= 0.3 is 12.0 Å². The molecule has 0 aromatic heterocycles. The predicted molar refractivity (Wildman–Crippen MR) is 72.0 cm³/mol. The fraction of sp³-hybridized carbons (Fsp3) is 0.857. The van der Waals surface area contributed by atoms with Crippen LogP contribution in [0.1, 0.15) is 44.9 Å². The Bertz CT molecular complexity index is 332. The summed E-state index contributed by atoms with van der Waals surface area (Å²) in [5.41, 5.74) is 0. The number of amides is 2. The third-order valence-corrected chi connectivity index (χ3v) is 4.37. The predicted octanol–water partition coefficient (Wildman–Crippen LogP) is 2.17. The first kappa shape index (κ1) is 14.2. The molecule has 0 spiro atoms. The number of hydrogen-bond acceptors (Lipinski definition) is 2. The van der Waals surface area contributed by atoms with Gasteiger partial charge in [-0.05, 0) is 12.8 Å². The lowest BCUT2D eigenvalue weighted by Gasteiger charge is -2.42. The Kier molecular flexibility index (Phi) is 4.66. The average molecular weight is 268 g/mol. The van der Waals surface area contributed by atoms with Crippen LogP contribution in [0, 0.1) is 5.92 Å². The molecule has 0 aromatic carbocycles. The van der Waals surface area contributed by atoms with E-state index in [0.717, 1.165) is 12.8 Å². The maximum Gasteiger partial charge on any atom is 0.320 e. The summed E-state index contributed by atoms with van der Waals surface area (Å²) >= 11 is 0. The van der Waals surface area contributed by atoms with Gasteiger partial charge in [0.05, 0.1) is 6.42 Å². The Morgan fingerprint density at radius 2 is 1.74 bits per heavy atom. The Labute approximate surface area is 114 Å². The lowest BCUT2D eigenvalue weighted by molar-refractivity contribution is -0.139. The van der Waals surface area contributed by atoms with Crippen LogP contribution in [0.15, 0.2) is 0 Å². The topological polar surface area (TPSA) is 60.9 Å². The zero-order valence-electron chi connectivity index (χ0n) is 11.7. The van der Waals surface area contributed by atoms with Crippen molar-refractivity contribution in [3.05, 3.63) is 0 Å². The molecular formula is C14H24N2O3. The number of nitrogens with zero attached hydrogens (tertiary/aromatic N) is 2. The highest BCUT2D eigenvalue weighted by atomic mass is 16.4. The SMILES string of the molecule is CN(C(=O)N1CC(CC(=O)O)C1)C1CCCCCC1. The van der Waals surface area contributed by atoms with E-state index < -0.39 is 5.97 Å². The molecule has 0 atom stereocenters. The van der Waals surface area contributed by atoms with Crippen LogP contribution in [-0.4, -0.2) is 53.1 Å². The van der Waals surface area contributed by atoms with Crippen molar-refractivity contribution >= 4 is 12.0 Å². The zero-order chi connectivity index (χ0) is 13.8. The van der Waals surface area contributed by atoms with Crippen molar-refractivity contribution in [2.45, 2.75) is 51.0 Å². The number of hydrogen-bond donors (Lipinski definition) is 1. The van der Waals surface area contributed by atoms with Crippen LogP contribution >= 0.6 is 0 Å². The third-order valence-electron chi connectivity index (χ3n) is 4.37. The summed E-state index contributed by atoms with van der Waals surface area (Å²) in [6, 6.07) is 0.446. The van der Waals surface area contributed by atoms with Crippen LogP contribution in [0.2, 0.25) is 0 Å². The fourth-order valence-corrected chi connectivity index (χ4v) is 3.13. The Balaban J connectivity index is 1.78. The molecule has 19 heavy (non-hydrogen) atoms. The van der Waals surface area contributed by atoms with Gasteiger partial charge in [0.15, 0.2) is 0 Å². The van der Waals surface area contributed by atoms with E-state index >= 15 is 0 Å². The number of carboxylic acid groups (broad SMARTS) is 1. The van der Waals surface area contributed by atoms with Crippen molar-refractivity contribution in [2.75, 3.05) is 20.1 Å². The highest BCUT2D eigenvalue weighted by Crippen LogP contribution is 2.25. The molecule has 0 bridgehead atoms. The van der Waals surface area contributed by atoms with Crippen LogP contribution in [0.5, 0.6) is 0 Å². The number of aliphatic carboxylic acids is 1. The van der Waals surface area contributed by atoms with Crippen LogP contribution in [0.25, 0.3) is 0 Å². The maximum absolute atomic E-state index is 12.3. The van der Waals surface area contributed by atoms with Gasteiger partial charge in [-0.2, -0.15) is 0 Å². The third kappa shape index (κ3) is 3.61. The van der Waals surface area contributed by atoms with Crippen molar-refractivity contribution in [1.29, 1.82) is 0 Å². The highest BCUT2D eigenvalue weighted by molar-refractivity contribution is 5.76. The number of carbonyl (C=O) groups excluding carboxylic acids is 1. The molecule has 0 unspecified atom stereocenters. The van der Waals surface area contributed by atoms with Crippen LogP contribution in [-0.2, 0) is 4.79 Å². The van der Waals surface area contributed by atoms with Crippen molar-refractivity contribution in [2.24, 2.45) is 5.92 Å². The second-order valence-electron chi connectivity index (χ2n) is 5.91. The quantitative estimate of drug-likeness (QED) is 0.798. The minimum atomic E-state index is -0.769. The molecule has 2 fully saturated rings. The first-order chi connectivity index (χ1) is 9.08. The van der Waals surface area contributed by atoms with E-state index in [4.69, 9.17) is 5.11 Å². The molecule has 1 saturated heterocycles. The summed E-state index contributed by atoms with van der Waals surface area (Å²) in [5, 5.41) is 8.70. The van der Waals surface area contributed by atoms with E-state index in [0.29, 0.717) is 19.1 Å². The van der Waals surface area contributed by atoms with Gasteiger partial charge < -0.3 is 14.9 Å². The van der Waals surface area contributed by atoms with Gasteiger partial charge in [0.2, 0.25) is 0 Å². The first-order valence-corrected chi connectivity index (χ1v) is 7.31. The molecule has 2 aliphatic rings.